The van der Waals surface area contributed by atoms with E-state index < -0.39 is 6.10 Å². The number of nitrogen functional groups attached to an aromatic ring is 1. The van der Waals surface area contributed by atoms with Crippen molar-refractivity contribution >= 4 is 17.3 Å². The smallest absolute Gasteiger partial charge is 0.0916 e. The molecule has 20 heavy (non-hydrogen) atoms. The van der Waals surface area contributed by atoms with Crippen molar-refractivity contribution in [3.05, 3.63) is 64.7 Å². The van der Waals surface area contributed by atoms with Crippen molar-refractivity contribution in [2.75, 3.05) is 19.3 Å². The van der Waals surface area contributed by atoms with E-state index in [1.807, 2.05) is 43.4 Å². The molecule has 0 radical (unpaired) electrons. The van der Waals surface area contributed by atoms with E-state index >= 15 is 0 Å². The average Bonchev–Trinajstić information content (AvgIpc) is 2.39. The highest BCUT2D eigenvalue weighted by Crippen LogP contribution is 2.17. The van der Waals surface area contributed by atoms with E-state index in [-0.39, 0.29) is 0 Å². The normalized spacial score (nSPS) is 12.6. The summed E-state index contributed by atoms with van der Waals surface area (Å²) in [6, 6.07) is 15.1. The van der Waals surface area contributed by atoms with Gasteiger partial charge in [0.25, 0.3) is 0 Å². The van der Waals surface area contributed by atoms with Crippen LogP contribution in [0.2, 0.25) is 5.02 Å². The Balaban J connectivity index is 1.93. The van der Waals surface area contributed by atoms with Crippen LogP contribution in [0.3, 0.4) is 0 Å². The number of aliphatic hydroxyl groups excluding tert-OH is 1. The number of likely N-dealkylation sites (N-methyl/N-ethyl adjacent to an activating group) is 1. The highest BCUT2D eigenvalue weighted by atomic mass is 35.5. The summed E-state index contributed by atoms with van der Waals surface area (Å²) in [7, 11) is 1.97. The molecule has 3 N–H and O–H groups in total. The minimum Gasteiger partial charge on any atom is -0.399 e. The zero-order valence-electron chi connectivity index (χ0n) is 11.5. The minimum absolute atomic E-state index is 0.528. The second kappa shape index (κ2) is 6.75. The summed E-state index contributed by atoms with van der Waals surface area (Å²) in [6.45, 7) is 1.29. The fourth-order valence-corrected chi connectivity index (χ4v) is 2.34. The molecule has 0 heterocycles. The van der Waals surface area contributed by atoms with Gasteiger partial charge in [-0.25, -0.2) is 0 Å². The summed E-state index contributed by atoms with van der Waals surface area (Å²) < 4.78 is 0. The van der Waals surface area contributed by atoms with Gasteiger partial charge in [-0.1, -0.05) is 35.9 Å². The summed E-state index contributed by atoms with van der Waals surface area (Å²) in [5, 5.41) is 10.9. The molecule has 0 aromatic heterocycles. The number of nitrogens with zero attached hydrogens (tertiary/aromatic N) is 1. The lowest BCUT2D eigenvalue weighted by Gasteiger charge is -2.21. The van der Waals surface area contributed by atoms with Crippen LogP contribution < -0.4 is 5.73 Å². The fraction of sp³-hybridized carbons (Fsp3) is 0.250. The number of rotatable bonds is 5. The first-order chi connectivity index (χ1) is 9.54. The number of hydrogen-bond acceptors (Lipinski definition) is 3. The Morgan fingerprint density at radius 1 is 1.20 bits per heavy atom. The van der Waals surface area contributed by atoms with Gasteiger partial charge in [0.05, 0.1) is 6.10 Å². The van der Waals surface area contributed by atoms with Gasteiger partial charge in [0.1, 0.15) is 0 Å². The largest absolute Gasteiger partial charge is 0.399 e. The quantitative estimate of drug-likeness (QED) is 0.832. The third kappa shape index (κ3) is 4.23. The van der Waals surface area contributed by atoms with Gasteiger partial charge >= 0.3 is 0 Å². The number of halogens is 1. The zero-order valence-corrected chi connectivity index (χ0v) is 12.2. The summed E-state index contributed by atoms with van der Waals surface area (Å²) in [4.78, 5) is 2.06. The van der Waals surface area contributed by atoms with E-state index in [1.54, 1.807) is 12.1 Å². The first-order valence-electron chi connectivity index (χ1n) is 6.51. The van der Waals surface area contributed by atoms with Crippen molar-refractivity contribution in [2.24, 2.45) is 0 Å². The van der Waals surface area contributed by atoms with Crippen LogP contribution in [0.15, 0.2) is 48.5 Å². The third-order valence-electron chi connectivity index (χ3n) is 3.15. The van der Waals surface area contributed by atoms with Crippen LogP contribution in [0.4, 0.5) is 5.69 Å². The average molecular weight is 291 g/mol. The van der Waals surface area contributed by atoms with E-state index in [0.29, 0.717) is 12.2 Å². The molecule has 0 aliphatic carbocycles. The van der Waals surface area contributed by atoms with Crippen molar-refractivity contribution in [3.8, 4) is 0 Å². The summed E-state index contributed by atoms with van der Waals surface area (Å²) in [5.74, 6) is 0. The monoisotopic (exact) mass is 290 g/mol. The van der Waals surface area contributed by atoms with E-state index in [0.717, 1.165) is 22.7 Å². The van der Waals surface area contributed by atoms with Crippen molar-refractivity contribution in [3.63, 3.8) is 0 Å². The highest BCUT2D eigenvalue weighted by molar-refractivity contribution is 6.30. The second-order valence-electron chi connectivity index (χ2n) is 5.01. The van der Waals surface area contributed by atoms with Crippen molar-refractivity contribution in [2.45, 2.75) is 12.6 Å². The molecule has 2 rings (SSSR count). The van der Waals surface area contributed by atoms with Gasteiger partial charge in [0.15, 0.2) is 0 Å². The van der Waals surface area contributed by atoms with Crippen molar-refractivity contribution in [1.82, 2.24) is 4.90 Å². The Hall–Kier alpha value is -1.55. The standard InChI is InChI=1S/C16H19ClN2O/c1-19(10-12-3-2-4-14(17)9-12)11-16(20)13-5-7-15(18)8-6-13/h2-9,16,20H,10-11,18H2,1H3. The predicted molar refractivity (Wildman–Crippen MR) is 83.6 cm³/mol. The van der Waals surface area contributed by atoms with E-state index in [9.17, 15) is 5.11 Å². The lowest BCUT2D eigenvalue weighted by molar-refractivity contribution is 0.124. The molecule has 3 nitrogen and oxygen atoms in total. The summed E-state index contributed by atoms with van der Waals surface area (Å²) in [6.07, 6.45) is -0.528. The Morgan fingerprint density at radius 3 is 2.55 bits per heavy atom. The van der Waals surface area contributed by atoms with Crippen molar-refractivity contribution in [1.29, 1.82) is 0 Å². The number of nitrogens with two attached hydrogens (primary N) is 1. The number of aliphatic hydroxyl groups is 1. The van der Waals surface area contributed by atoms with Crippen LogP contribution in [0, 0.1) is 0 Å². The van der Waals surface area contributed by atoms with Gasteiger partial charge in [0.2, 0.25) is 0 Å². The van der Waals surface area contributed by atoms with Crippen molar-refractivity contribution < 1.29 is 5.11 Å². The van der Waals surface area contributed by atoms with E-state index in [4.69, 9.17) is 17.3 Å². The third-order valence-corrected chi connectivity index (χ3v) is 3.38. The highest BCUT2D eigenvalue weighted by Gasteiger charge is 2.11. The van der Waals surface area contributed by atoms with Gasteiger partial charge in [-0.15, -0.1) is 0 Å². The maximum Gasteiger partial charge on any atom is 0.0916 e. The molecule has 2 aromatic rings. The molecule has 2 aromatic carbocycles. The SMILES string of the molecule is CN(Cc1cccc(Cl)c1)CC(O)c1ccc(N)cc1. The molecule has 0 fully saturated rings. The van der Waals surface area contributed by atoms with Gasteiger partial charge < -0.3 is 10.8 Å². The molecule has 0 aliphatic rings. The molecule has 106 valence electrons. The first kappa shape index (κ1) is 14.9. The van der Waals surface area contributed by atoms with Gasteiger partial charge in [-0.2, -0.15) is 0 Å². The molecule has 1 unspecified atom stereocenters. The Bertz CT molecular complexity index is 557. The molecule has 0 saturated carbocycles. The number of anilines is 1. The summed E-state index contributed by atoms with van der Waals surface area (Å²) >= 11 is 5.96. The molecular weight excluding hydrogens is 272 g/mol. The van der Waals surface area contributed by atoms with Crippen LogP contribution in [-0.2, 0) is 6.54 Å². The van der Waals surface area contributed by atoms with Crippen LogP contribution in [-0.4, -0.2) is 23.6 Å². The molecular formula is C16H19ClN2O. The Morgan fingerprint density at radius 2 is 1.90 bits per heavy atom. The van der Waals surface area contributed by atoms with Crippen LogP contribution >= 0.6 is 11.6 Å². The van der Waals surface area contributed by atoms with Crippen LogP contribution in [0.25, 0.3) is 0 Å². The molecule has 0 amide bonds. The Kier molecular flexibility index (Phi) is 5.01. The van der Waals surface area contributed by atoms with Gasteiger partial charge in [-0.3, -0.25) is 4.90 Å². The minimum atomic E-state index is -0.528. The molecule has 0 saturated heterocycles. The van der Waals surface area contributed by atoms with Crippen LogP contribution in [0.1, 0.15) is 17.2 Å². The lowest BCUT2D eigenvalue weighted by Crippen LogP contribution is -2.24. The maximum absolute atomic E-state index is 10.2. The van der Waals surface area contributed by atoms with E-state index in [2.05, 4.69) is 4.90 Å². The molecule has 0 aliphatic heterocycles. The predicted octanol–water partition coefficient (Wildman–Crippen LogP) is 3.09. The number of hydrogen-bond donors (Lipinski definition) is 2. The molecule has 0 bridgehead atoms. The summed E-state index contributed by atoms with van der Waals surface area (Å²) in [5.41, 5.74) is 8.34. The van der Waals surface area contributed by atoms with Gasteiger partial charge in [0, 0.05) is 23.8 Å². The lowest BCUT2D eigenvalue weighted by atomic mass is 10.1. The van der Waals surface area contributed by atoms with Crippen LogP contribution in [0.5, 0.6) is 0 Å². The number of benzene rings is 2. The zero-order chi connectivity index (χ0) is 14.5. The Labute approximate surface area is 124 Å². The first-order valence-corrected chi connectivity index (χ1v) is 6.89. The topological polar surface area (TPSA) is 49.5 Å². The molecule has 0 spiro atoms. The molecule has 1 atom stereocenters. The van der Waals surface area contributed by atoms with E-state index in [1.165, 1.54) is 0 Å². The van der Waals surface area contributed by atoms with Gasteiger partial charge in [-0.05, 0) is 42.4 Å². The fourth-order valence-electron chi connectivity index (χ4n) is 2.13. The maximum atomic E-state index is 10.2. The second-order valence-corrected chi connectivity index (χ2v) is 5.45. The molecule has 4 heteroatoms.